The average Bonchev–Trinajstić information content (AvgIpc) is 3.20. The minimum absolute atomic E-state index is 0.292. The summed E-state index contributed by atoms with van der Waals surface area (Å²) in [4.78, 5) is 0. The molecule has 4 saturated carbocycles. The summed E-state index contributed by atoms with van der Waals surface area (Å²) in [5.41, 5.74) is 3.61. The molecule has 5 aliphatic carbocycles. The van der Waals surface area contributed by atoms with Crippen molar-refractivity contribution in [2.45, 2.75) is 43.6 Å². The van der Waals surface area contributed by atoms with Gasteiger partial charge in [-0.2, -0.15) is 0 Å². The molecule has 5 atom stereocenters. The highest BCUT2D eigenvalue weighted by atomic mass is 16.3. The number of hydrogen-bond acceptors (Lipinski definition) is 2. The van der Waals surface area contributed by atoms with Crippen LogP contribution in [0.1, 0.15) is 37.7 Å². The van der Waals surface area contributed by atoms with Gasteiger partial charge in [-0.1, -0.05) is 30.4 Å². The third kappa shape index (κ3) is 1.44. The molecule has 0 heterocycles. The summed E-state index contributed by atoms with van der Waals surface area (Å²) in [5, 5.41) is 19.3. The molecule has 2 nitrogen and oxygen atoms in total. The molecule has 0 aromatic heterocycles. The number of aliphatic hydroxyl groups is 1. The second-order valence-electron chi connectivity index (χ2n) is 7.90. The number of aliphatic hydroxyl groups excluding tert-OH is 1. The lowest BCUT2D eigenvalue weighted by molar-refractivity contribution is 0.221. The van der Waals surface area contributed by atoms with Gasteiger partial charge in [-0.05, 0) is 78.0 Å². The van der Waals surface area contributed by atoms with Crippen LogP contribution in [-0.2, 0) is 5.41 Å². The molecule has 0 amide bonds. The molecule has 0 radical (unpaired) electrons. The van der Waals surface area contributed by atoms with E-state index in [0.717, 1.165) is 18.3 Å². The first kappa shape index (κ1) is 13.0. The Morgan fingerprint density at radius 2 is 1.73 bits per heavy atom. The third-order valence-electron chi connectivity index (χ3n) is 7.08. The van der Waals surface area contributed by atoms with Crippen LogP contribution >= 0.6 is 0 Å². The van der Waals surface area contributed by atoms with Crippen LogP contribution in [0.15, 0.2) is 48.1 Å². The van der Waals surface area contributed by atoms with E-state index in [1.807, 2.05) is 18.2 Å². The number of benzene rings is 1. The van der Waals surface area contributed by atoms with Crippen molar-refractivity contribution in [2.75, 3.05) is 0 Å². The largest absolute Gasteiger partial charge is 0.508 e. The molecule has 4 bridgehead atoms. The Morgan fingerprint density at radius 1 is 1.00 bits per heavy atom. The van der Waals surface area contributed by atoms with E-state index in [2.05, 4.69) is 24.3 Å². The molecule has 114 valence electrons. The van der Waals surface area contributed by atoms with Gasteiger partial charge in [0.15, 0.2) is 0 Å². The lowest BCUT2D eigenvalue weighted by Crippen LogP contribution is -2.25. The fourth-order valence-electron chi connectivity index (χ4n) is 6.24. The molecular weight excluding hydrogens is 272 g/mol. The van der Waals surface area contributed by atoms with Crippen LogP contribution in [0.5, 0.6) is 5.75 Å². The Labute approximate surface area is 131 Å². The van der Waals surface area contributed by atoms with Crippen molar-refractivity contribution in [3.05, 3.63) is 53.6 Å². The zero-order valence-corrected chi connectivity index (χ0v) is 12.7. The summed E-state index contributed by atoms with van der Waals surface area (Å²) in [5.74, 6) is 1.96. The highest BCUT2D eigenvalue weighted by Gasteiger charge is 2.71. The molecule has 6 rings (SSSR count). The van der Waals surface area contributed by atoms with E-state index in [1.54, 1.807) is 0 Å². The van der Waals surface area contributed by atoms with Crippen LogP contribution in [-0.4, -0.2) is 16.3 Å². The van der Waals surface area contributed by atoms with Gasteiger partial charge in [-0.15, -0.1) is 0 Å². The highest BCUT2D eigenvalue weighted by Crippen LogP contribution is 2.78. The predicted molar refractivity (Wildman–Crippen MR) is 85.5 cm³/mol. The fraction of sp³-hybridized carbons (Fsp3) is 0.500. The van der Waals surface area contributed by atoms with Crippen molar-refractivity contribution >= 4 is 0 Å². The van der Waals surface area contributed by atoms with E-state index >= 15 is 0 Å². The van der Waals surface area contributed by atoms with Gasteiger partial charge in [0.2, 0.25) is 0 Å². The molecule has 0 spiro atoms. The summed E-state index contributed by atoms with van der Waals surface area (Å²) < 4.78 is 0. The van der Waals surface area contributed by atoms with Crippen LogP contribution in [0.4, 0.5) is 0 Å². The molecular formula is C20H22O2. The van der Waals surface area contributed by atoms with Gasteiger partial charge < -0.3 is 10.2 Å². The zero-order valence-electron chi connectivity index (χ0n) is 12.7. The Kier molecular flexibility index (Phi) is 2.38. The summed E-state index contributed by atoms with van der Waals surface area (Å²) in [6.07, 6.45) is 12.2. The normalized spacial score (nSPS) is 44.8. The van der Waals surface area contributed by atoms with Crippen molar-refractivity contribution in [1.29, 1.82) is 0 Å². The maximum atomic E-state index is 9.71. The molecule has 1 aromatic carbocycles. The van der Waals surface area contributed by atoms with Crippen molar-refractivity contribution in [3.63, 3.8) is 0 Å². The van der Waals surface area contributed by atoms with E-state index in [1.165, 1.54) is 36.8 Å². The van der Waals surface area contributed by atoms with Crippen molar-refractivity contribution in [1.82, 2.24) is 0 Å². The van der Waals surface area contributed by atoms with E-state index in [9.17, 15) is 10.2 Å². The van der Waals surface area contributed by atoms with Gasteiger partial charge in [0, 0.05) is 0 Å². The van der Waals surface area contributed by atoms with E-state index in [4.69, 9.17) is 0 Å². The summed E-state index contributed by atoms with van der Waals surface area (Å²) in [7, 11) is 0. The summed E-state index contributed by atoms with van der Waals surface area (Å²) in [6.45, 7) is 0. The second kappa shape index (κ2) is 4.05. The number of phenolic OH excluding ortho intramolecular Hbond substituents is 1. The first-order valence-corrected chi connectivity index (χ1v) is 8.49. The summed E-state index contributed by atoms with van der Waals surface area (Å²) in [6, 6.07) is 7.97. The van der Waals surface area contributed by atoms with Crippen LogP contribution in [0.25, 0.3) is 0 Å². The maximum Gasteiger partial charge on any atom is 0.115 e. The van der Waals surface area contributed by atoms with E-state index < -0.39 is 0 Å². The number of aromatic hydroxyl groups is 1. The molecule has 2 N–H and O–H groups in total. The van der Waals surface area contributed by atoms with Gasteiger partial charge in [-0.25, -0.2) is 0 Å². The molecule has 0 saturated heterocycles. The SMILES string of the molecule is Oc1ccc(C23CC4CC2CC4(C2=CCC(O)C=C2)C3)cc1. The van der Waals surface area contributed by atoms with Crippen LogP contribution in [0.3, 0.4) is 0 Å². The molecule has 5 unspecified atom stereocenters. The van der Waals surface area contributed by atoms with Gasteiger partial charge in [0.25, 0.3) is 0 Å². The number of hydrogen-bond donors (Lipinski definition) is 2. The third-order valence-corrected chi connectivity index (χ3v) is 7.08. The van der Waals surface area contributed by atoms with Crippen molar-refractivity contribution < 1.29 is 10.2 Å². The van der Waals surface area contributed by atoms with Gasteiger partial charge in [-0.3, -0.25) is 0 Å². The number of phenols is 1. The molecule has 2 heteroatoms. The smallest absolute Gasteiger partial charge is 0.115 e. The Balaban J connectivity index is 1.54. The minimum Gasteiger partial charge on any atom is -0.508 e. The van der Waals surface area contributed by atoms with Crippen LogP contribution < -0.4 is 0 Å². The maximum absolute atomic E-state index is 9.71. The lowest BCUT2D eigenvalue weighted by atomic mass is 9.72. The molecule has 1 aromatic rings. The number of rotatable bonds is 2. The standard InChI is InChI=1S/C20H22O2/c21-17-5-1-13(2-6-17)19-10-16-9-15(19)11-20(16,12-19)14-3-7-18(22)8-4-14/h1-7,15-16,18,21-22H,8-12H2. The Hall–Kier alpha value is -1.54. The van der Waals surface area contributed by atoms with Gasteiger partial charge in [0.05, 0.1) is 6.10 Å². The minimum atomic E-state index is -0.292. The lowest BCUT2D eigenvalue weighted by Gasteiger charge is -2.32. The Morgan fingerprint density at radius 3 is 2.36 bits per heavy atom. The van der Waals surface area contributed by atoms with Crippen molar-refractivity contribution in [2.24, 2.45) is 17.3 Å². The molecule has 22 heavy (non-hydrogen) atoms. The fourth-order valence-corrected chi connectivity index (χ4v) is 6.24. The first-order chi connectivity index (χ1) is 10.6. The highest BCUT2D eigenvalue weighted by molar-refractivity contribution is 5.46. The monoisotopic (exact) mass is 294 g/mol. The average molecular weight is 294 g/mol. The molecule has 4 fully saturated rings. The zero-order chi connectivity index (χ0) is 14.9. The predicted octanol–water partition coefficient (Wildman–Crippen LogP) is 3.70. The number of allylic oxidation sites excluding steroid dienone is 2. The molecule has 5 aliphatic rings. The van der Waals surface area contributed by atoms with Crippen molar-refractivity contribution in [3.8, 4) is 5.75 Å². The van der Waals surface area contributed by atoms with Gasteiger partial charge >= 0.3 is 0 Å². The summed E-state index contributed by atoms with van der Waals surface area (Å²) >= 11 is 0. The topological polar surface area (TPSA) is 40.5 Å². The second-order valence-corrected chi connectivity index (χ2v) is 7.90. The van der Waals surface area contributed by atoms with E-state index in [0.29, 0.717) is 16.6 Å². The van der Waals surface area contributed by atoms with Crippen LogP contribution in [0.2, 0.25) is 0 Å². The van der Waals surface area contributed by atoms with E-state index in [-0.39, 0.29) is 6.10 Å². The first-order valence-electron chi connectivity index (χ1n) is 8.49. The quantitative estimate of drug-likeness (QED) is 0.873. The van der Waals surface area contributed by atoms with Crippen LogP contribution in [0, 0.1) is 17.3 Å². The molecule has 0 aliphatic heterocycles. The van der Waals surface area contributed by atoms with Gasteiger partial charge in [0.1, 0.15) is 5.75 Å². The Bertz CT molecular complexity index is 686.